The lowest BCUT2D eigenvalue weighted by Crippen LogP contribution is -2.18. The molecule has 2 aliphatic carbocycles. The first-order valence-corrected chi connectivity index (χ1v) is 6.05. The van der Waals surface area contributed by atoms with Crippen molar-refractivity contribution < 1.29 is 4.92 Å². The maximum absolute atomic E-state index is 10.8. The van der Waals surface area contributed by atoms with Crippen LogP contribution in [0.4, 0.5) is 11.5 Å². The highest BCUT2D eigenvalue weighted by molar-refractivity contribution is 5.56. The standard InChI is InChI=1S/C12H15N3O2/c16-15(17)11-10(2-1-7-13-11)14-8-12(5-6-12)9-3-4-9/h1-2,7,9,14H,3-6,8H2. The highest BCUT2D eigenvalue weighted by Gasteiger charge is 2.53. The zero-order valence-electron chi connectivity index (χ0n) is 9.56. The van der Waals surface area contributed by atoms with E-state index >= 15 is 0 Å². The number of nitrogens with one attached hydrogen (secondary N) is 1. The molecule has 0 atom stereocenters. The van der Waals surface area contributed by atoms with Gasteiger partial charge < -0.3 is 15.4 Å². The van der Waals surface area contributed by atoms with Gasteiger partial charge in [0.1, 0.15) is 11.9 Å². The molecule has 0 saturated heterocycles. The normalized spacial score (nSPS) is 20.9. The number of aromatic nitrogens is 1. The van der Waals surface area contributed by atoms with Gasteiger partial charge >= 0.3 is 5.82 Å². The molecule has 1 heterocycles. The number of nitrogens with zero attached hydrogens (tertiary/aromatic N) is 2. The smallest absolute Gasteiger partial charge is 0.378 e. The van der Waals surface area contributed by atoms with Gasteiger partial charge in [0.2, 0.25) is 0 Å². The van der Waals surface area contributed by atoms with Crippen molar-refractivity contribution in [2.24, 2.45) is 11.3 Å². The molecule has 2 saturated carbocycles. The van der Waals surface area contributed by atoms with Crippen molar-refractivity contribution in [3.05, 3.63) is 28.4 Å². The maximum Gasteiger partial charge on any atom is 0.386 e. The summed E-state index contributed by atoms with van der Waals surface area (Å²) in [4.78, 5) is 14.2. The van der Waals surface area contributed by atoms with Gasteiger partial charge in [-0.2, -0.15) is 0 Å². The van der Waals surface area contributed by atoms with Gasteiger partial charge in [0.25, 0.3) is 0 Å². The molecule has 0 aromatic carbocycles. The van der Waals surface area contributed by atoms with Crippen LogP contribution in [-0.2, 0) is 0 Å². The summed E-state index contributed by atoms with van der Waals surface area (Å²) in [5.74, 6) is 0.782. The van der Waals surface area contributed by atoms with E-state index in [2.05, 4.69) is 10.3 Å². The largest absolute Gasteiger partial charge is 0.386 e. The van der Waals surface area contributed by atoms with Crippen LogP contribution in [0.5, 0.6) is 0 Å². The topological polar surface area (TPSA) is 68.1 Å². The molecular formula is C12H15N3O2. The lowest BCUT2D eigenvalue weighted by atomic mass is 10.0. The Hall–Kier alpha value is -1.65. The van der Waals surface area contributed by atoms with Crippen LogP contribution in [0.15, 0.2) is 18.3 Å². The van der Waals surface area contributed by atoms with Crippen molar-refractivity contribution >= 4 is 11.5 Å². The summed E-state index contributed by atoms with van der Waals surface area (Å²) in [6.07, 6.45) is 6.64. The SMILES string of the molecule is O=[N+]([O-])c1ncccc1NCC1(C2CC2)CC1. The van der Waals surface area contributed by atoms with Crippen LogP contribution in [0.25, 0.3) is 0 Å². The number of anilines is 1. The van der Waals surface area contributed by atoms with Crippen molar-refractivity contribution in [3.63, 3.8) is 0 Å². The second kappa shape index (κ2) is 3.68. The second-order valence-electron chi connectivity index (χ2n) is 5.12. The lowest BCUT2D eigenvalue weighted by molar-refractivity contribution is -0.388. The van der Waals surface area contributed by atoms with Gasteiger partial charge in [-0.25, -0.2) is 0 Å². The van der Waals surface area contributed by atoms with E-state index in [1.807, 2.05) is 0 Å². The Morgan fingerprint density at radius 3 is 2.88 bits per heavy atom. The summed E-state index contributed by atoms with van der Waals surface area (Å²) in [5, 5.41) is 14.0. The van der Waals surface area contributed by atoms with E-state index in [4.69, 9.17) is 0 Å². The fourth-order valence-electron chi connectivity index (χ4n) is 2.54. The Morgan fingerprint density at radius 2 is 2.29 bits per heavy atom. The second-order valence-corrected chi connectivity index (χ2v) is 5.12. The fraction of sp³-hybridized carbons (Fsp3) is 0.583. The fourth-order valence-corrected chi connectivity index (χ4v) is 2.54. The van der Waals surface area contributed by atoms with Crippen molar-refractivity contribution in [1.82, 2.24) is 4.98 Å². The van der Waals surface area contributed by atoms with Gasteiger partial charge in [0.15, 0.2) is 0 Å². The van der Waals surface area contributed by atoms with Gasteiger partial charge in [0.05, 0.1) is 0 Å². The molecule has 2 aliphatic rings. The zero-order chi connectivity index (χ0) is 11.9. The average Bonchev–Trinajstić information content (AvgIpc) is 3.17. The summed E-state index contributed by atoms with van der Waals surface area (Å²) < 4.78 is 0. The van der Waals surface area contributed by atoms with Crippen molar-refractivity contribution in [3.8, 4) is 0 Å². The van der Waals surface area contributed by atoms with Crippen molar-refractivity contribution in [2.45, 2.75) is 25.7 Å². The molecule has 3 rings (SSSR count). The first kappa shape index (κ1) is 10.5. The number of hydrogen-bond donors (Lipinski definition) is 1. The highest BCUT2D eigenvalue weighted by atomic mass is 16.6. The average molecular weight is 233 g/mol. The van der Waals surface area contributed by atoms with E-state index in [9.17, 15) is 10.1 Å². The van der Waals surface area contributed by atoms with E-state index < -0.39 is 4.92 Å². The Bertz CT molecular complexity index is 453. The van der Waals surface area contributed by atoms with E-state index in [1.165, 1.54) is 31.9 Å². The summed E-state index contributed by atoms with van der Waals surface area (Å²) in [6, 6.07) is 3.46. The molecule has 1 N–H and O–H groups in total. The van der Waals surface area contributed by atoms with Crippen LogP contribution in [0.1, 0.15) is 25.7 Å². The number of pyridine rings is 1. The first-order chi connectivity index (χ1) is 8.21. The van der Waals surface area contributed by atoms with Crippen LogP contribution < -0.4 is 5.32 Å². The lowest BCUT2D eigenvalue weighted by Gasteiger charge is -2.15. The Labute approximate surface area is 99.4 Å². The third-order valence-electron chi connectivity index (χ3n) is 3.93. The van der Waals surface area contributed by atoms with Crippen LogP contribution in [0, 0.1) is 21.4 Å². The monoisotopic (exact) mass is 233 g/mol. The van der Waals surface area contributed by atoms with Gasteiger partial charge in [0, 0.05) is 6.54 Å². The Morgan fingerprint density at radius 1 is 1.53 bits per heavy atom. The van der Waals surface area contributed by atoms with Gasteiger partial charge in [-0.15, -0.1) is 0 Å². The molecular weight excluding hydrogens is 218 g/mol. The molecule has 2 fully saturated rings. The van der Waals surface area contributed by atoms with Gasteiger partial charge in [-0.1, -0.05) is 0 Å². The van der Waals surface area contributed by atoms with Gasteiger partial charge in [-0.05, 0) is 59.1 Å². The maximum atomic E-state index is 10.8. The summed E-state index contributed by atoms with van der Waals surface area (Å²) >= 11 is 0. The quantitative estimate of drug-likeness (QED) is 0.627. The molecule has 0 bridgehead atoms. The van der Waals surface area contributed by atoms with Crippen molar-refractivity contribution in [1.29, 1.82) is 0 Å². The highest BCUT2D eigenvalue weighted by Crippen LogP contribution is 2.61. The molecule has 90 valence electrons. The summed E-state index contributed by atoms with van der Waals surface area (Å²) in [7, 11) is 0. The van der Waals surface area contributed by atoms with Crippen LogP contribution in [0.3, 0.4) is 0 Å². The van der Waals surface area contributed by atoms with Crippen molar-refractivity contribution in [2.75, 3.05) is 11.9 Å². The third kappa shape index (κ3) is 1.97. The molecule has 5 nitrogen and oxygen atoms in total. The molecule has 5 heteroatoms. The molecule has 1 aromatic rings. The summed E-state index contributed by atoms with van der Waals surface area (Å²) in [6.45, 7) is 0.851. The minimum absolute atomic E-state index is 0.0703. The molecule has 0 amide bonds. The minimum Gasteiger partial charge on any atom is -0.378 e. The van der Waals surface area contributed by atoms with Crippen LogP contribution in [0.2, 0.25) is 0 Å². The van der Waals surface area contributed by atoms with E-state index in [0.717, 1.165) is 12.5 Å². The zero-order valence-corrected chi connectivity index (χ0v) is 9.56. The van der Waals surface area contributed by atoms with E-state index in [-0.39, 0.29) is 5.82 Å². The minimum atomic E-state index is -0.432. The Kier molecular flexibility index (Phi) is 2.28. The molecule has 17 heavy (non-hydrogen) atoms. The summed E-state index contributed by atoms with van der Waals surface area (Å²) in [5.41, 5.74) is 0.980. The van der Waals surface area contributed by atoms with Crippen LogP contribution >= 0.6 is 0 Å². The van der Waals surface area contributed by atoms with Crippen LogP contribution in [-0.4, -0.2) is 16.5 Å². The predicted molar refractivity (Wildman–Crippen MR) is 63.8 cm³/mol. The molecule has 0 unspecified atom stereocenters. The van der Waals surface area contributed by atoms with E-state index in [0.29, 0.717) is 11.1 Å². The number of rotatable bonds is 5. The number of hydrogen-bond acceptors (Lipinski definition) is 4. The van der Waals surface area contributed by atoms with Gasteiger partial charge in [-0.3, -0.25) is 0 Å². The Balaban J connectivity index is 1.70. The molecule has 0 spiro atoms. The number of nitro groups is 1. The molecule has 1 aromatic heterocycles. The van der Waals surface area contributed by atoms with E-state index in [1.54, 1.807) is 12.1 Å². The first-order valence-electron chi connectivity index (χ1n) is 6.05. The molecule has 0 radical (unpaired) electrons. The molecule has 0 aliphatic heterocycles. The third-order valence-corrected chi connectivity index (χ3v) is 3.93. The predicted octanol–water partition coefficient (Wildman–Crippen LogP) is 2.59.